The second kappa shape index (κ2) is 9.68. The van der Waals surface area contributed by atoms with Gasteiger partial charge >= 0.3 is 0 Å². The highest BCUT2D eigenvalue weighted by molar-refractivity contribution is 7.14. The molecule has 1 amide bonds. The lowest BCUT2D eigenvalue weighted by Crippen LogP contribution is -2.48. The van der Waals surface area contributed by atoms with Crippen LogP contribution in [-0.4, -0.2) is 55.6 Å². The number of aryl methyl sites for hydroxylation is 1. The van der Waals surface area contributed by atoms with Crippen molar-refractivity contribution in [3.05, 3.63) is 58.4 Å². The van der Waals surface area contributed by atoms with Crippen molar-refractivity contribution in [2.24, 2.45) is 0 Å². The van der Waals surface area contributed by atoms with Gasteiger partial charge in [-0.2, -0.15) is 0 Å². The quantitative estimate of drug-likeness (QED) is 0.590. The molecule has 1 saturated heterocycles. The molecular formula is C23H25ClN4O2S. The van der Waals surface area contributed by atoms with Crippen molar-refractivity contribution in [3.8, 4) is 17.0 Å². The zero-order valence-corrected chi connectivity index (χ0v) is 19.2. The van der Waals surface area contributed by atoms with Crippen molar-refractivity contribution in [1.29, 1.82) is 0 Å². The average Bonchev–Trinajstić information content (AvgIpc) is 3.27. The summed E-state index contributed by atoms with van der Waals surface area (Å²) in [5.41, 5.74) is 3.77. The van der Waals surface area contributed by atoms with Crippen LogP contribution >= 0.6 is 22.9 Å². The molecule has 31 heavy (non-hydrogen) atoms. The molecule has 3 aromatic rings. The number of hydrogen-bond donors (Lipinski definition) is 1. The van der Waals surface area contributed by atoms with Crippen molar-refractivity contribution in [2.75, 3.05) is 50.1 Å². The lowest BCUT2D eigenvalue weighted by Gasteiger charge is -2.34. The highest BCUT2D eigenvalue weighted by atomic mass is 35.5. The zero-order valence-electron chi connectivity index (χ0n) is 17.6. The van der Waals surface area contributed by atoms with Crippen LogP contribution in [0.3, 0.4) is 0 Å². The molecule has 0 spiro atoms. The number of aromatic nitrogens is 1. The van der Waals surface area contributed by atoms with Crippen LogP contribution < -0.4 is 15.0 Å². The Balaban J connectivity index is 1.31. The number of methoxy groups -OCH3 is 1. The number of carbonyl (C=O) groups excluding carboxylic acids is 1. The number of piperazine rings is 1. The predicted molar refractivity (Wildman–Crippen MR) is 128 cm³/mol. The van der Waals surface area contributed by atoms with Crippen LogP contribution in [-0.2, 0) is 4.79 Å². The van der Waals surface area contributed by atoms with Crippen molar-refractivity contribution in [3.63, 3.8) is 0 Å². The van der Waals surface area contributed by atoms with E-state index >= 15 is 0 Å². The normalized spacial score (nSPS) is 14.5. The maximum Gasteiger partial charge on any atom is 0.238 e. The fraction of sp³-hybridized carbons (Fsp3) is 0.304. The molecule has 1 aromatic heterocycles. The first-order valence-corrected chi connectivity index (χ1v) is 11.4. The lowest BCUT2D eigenvalue weighted by molar-refractivity contribution is -0.117. The van der Waals surface area contributed by atoms with Gasteiger partial charge in [0.2, 0.25) is 5.91 Å². The van der Waals surface area contributed by atoms with E-state index in [1.165, 1.54) is 0 Å². The molecule has 1 fully saturated rings. The Labute approximate surface area is 191 Å². The highest BCUT2D eigenvalue weighted by Crippen LogP contribution is 2.30. The predicted octanol–water partition coefficient (Wildman–Crippen LogP) is 4.54. The van der Waals surface area contributed by atoms with Crippen LogP contribution in [0.5, 0.6) is 5.75 Å². The maximum absolute atomic E-state index is 12.5. The number of carbonyl (C=O) groups is 1. The fourth-order valence-corrected chi connectivity index (χ4v) is 4.60. The first-order chi connectivity index (χ1) is 15.0. The second-order valence-corrected chi connectivity index (χ2v) is 8.79. The van der Waals surface area contributed by atoms with E-state index in [2.05, 4.69) is 20.5 Å². The highest BCUT2D eigenvalue weighted by Gasteiger charge is 2.21. The van der Waals surface area contributed by atoms with E-state index in [1.807, 2.05) is 43.3 Å². The molecular weight excluding hydrogens is 432 g/mol. The van der Waals surface area contributed by atoms with Gasteiger partial charge in [0.1, 0.15) is 5.75 Å². The van der Waals surface area contributed by atoms with Gasteiger partial charge in [-0.1, -0.05) is 29.8 Å². The summed E-state index contributed by atoms with van der Waals surface area (Å²) >= 11 is 7.69. The molecule has 6 nitrogen and oxygen atoms in total. The van der Waals surface area contributed by atoms with Gasteiger partial charge in [-0.3, -0.25) is 9.69 Å². The van der Waals surface area contributed by atoms with E-state index in [0.717, 1.165) is 59.6 Å². The van der Waals surface area contributed by atoms with Crippen molar-refractivity contribution in [1.82, 2.24) is 9.88 Å². The molecule has 0 aliphatic carbocycles. The minimum atomic E-state index is -0.0200. The summed E-state index contributed by atoms with van der Waals surface area (Å²) in [6, 6.07) is 13.5. The number of halogens is 1. The third kappa shape index (κ3) is 5.36. The Morgan fingerprint density at radius 2 is 2.00 bits per heavy atom. The topological polar surface area (TPSA) is 57.7 Å². The SMILES string of the molecule is COc1cccc(-c2csc(N3CCN(CC(=O)Nc4cc(Cl)ccc4C)CC3)n2)c1. The van der Waals surface area contributed by atoms with E-state index in [9.17, 15) is 4.79 Å². The molecule has 1 aliphatic heterocycles. The van der Waals surface area contributed by atoms with Crippen LogP contribution in [0.4, 0.5) is 10.8 Å². The van der Waals surface area contributed by atoms with Gasteiger partial charge in [0.25, 0.3) is 0 Å². The first-order valence-electron chi connectivity index (χ1n) is 10.1. The van der Waals surface area contributed by atoms with Gasteiger partial charge in [0.05, 0.1) is 19.3 Å². The molecule has 1 aliphatic rings. The summed E-state index contributed by atoms with van der Waals surface area (Å²) in [4.78, 5) is 21.7. The van der Waals surface area contributed by atoms with Crippen LogP contribution in [0.25, 0.3) is 11.3 Å². The smallest absolute Gasteiger partial charge is 0.238 e. The molecule has 0 atom stereocenters. The number of hydrogen-bond acceptors (Lipinski definition) is 6. The summed E-state index contributed by atoms with van der Waals surface area (Å²) in [5, 5.41) is 6.68. The van der Waals surface area contributed by atoms with E-state index in [4.69, 9.17) is 21.3 Å². The molecule has 2 aromatic carbocycles. The molecule has 162 valence electrons. The Hall–Kier alpha value is -2.61. The van der Waals surface area contributed by atoms with Gasteiger partial charge in [0.15, 0.2) is 5.13 Å². The Morgan fingerprint density at radius 1 is 1.19 bits per heavy atom. The van der Waals surface area contributed by atoms with Crippen LogP contribution in [0, 0.1) is 6.92 Å². The second-order valence-electron chi connectivity index (χ2n) is 7.52. The van der Waals surface area contributed by atoms with E-state index in [1.54, 1.807) is 24.5 Å². The molecule has 2 heterocycles. The van der Waals surface area contributed by atoms with Gasteiger partial charge < -0.3 is 15.0 Å². The molecule has 0 radical (unpaired) electrons. The summed E-state index contributed by atoms with van der Waals surface area (Å²) in [7, 11) is 1.67. The molecule has 0 saturated carbocycles. The van der Waals surface area contributed by atoms with Gasteiger partial charge in [-0.05, 0) is 36.8 Å². The number of nitrogens with one attached hydrogen (secondary N) is 1. The Bertz CT molecular complexity index is 1060. The number of amides is 1. The minimum Gasteiger partial charge on any atom is -0.497 e. The summed E-state index contributed by atoms with van der Waals surface area (Å²) < 4.78 is 5.31. The largest absolute Gasteiger partial charge is 0.497 e. The number of anilines is 2. The molecule has 0 unspecified atom stereocenters. The van der Waals surface area contributed by atoms with Crippen LogP contribution in [0.15, 0.2) is 47.8 Å². The summed E-state index contributed by atoms with van der Waals surface area (Å²) in [5.74, 6) is 0.806. The van der Waals surface area contributed by atoms with Crippen molar-refractivity contribution >= 4 is 39.7 Å². The number of benzene rings is 2. The third-order valence-electron chi connectivity index (χ3n) is 5.34. The lowest BCUT2D eigenvalue weighted by atomic mass is 10.2. The van der Waals surface area contributed by atoms with E-state index < -0.39 is 0 Å². The minimum absolute atomic E-state index is 0.0200. The number of nitrogens with zero attached hydrogens (tertiary/aromatic N) is 3. The molecule has 8 heteroatoms. The Kier molecular flexibility index (Phi) is 6.75. The van der Waals surface area contributed by atoms with Gasteiger partial charge in [0, 0.05) is 47.8 Å². The number of rotatable bonds is 6. The summed E-state index contributed by atoms with van der Waals surface area (Å²) in [6.45, 7) is 5.64. The van der Waals surface area contributed by atoms with Crippen molar-refractivity contribution < 1.29 is 9.53 Å². The maximum atomic E-state index is 12.5. The monoisotopic (exact) mass is 456 g/mol. The number of ether oxygens (including phenoxy) is 1. The standard InChI is InChI=1S/C23H25ClN4O2S/c1-16-6-7-18(24)13-20(16)25-22(29)14-27-8-10-28(11-9-27)23-26-21(15-31-23)17-4-3-5-19(12-17)30-2/h3-7,12-13,15H,8-11,14H2,1-2H3,(H,25,29). The molecule has 1 N–H and O–H groups in total. The third-order valence-corrected chi connectivity index (χ3v) is 6.48. The number of thiazole rings is 1. The van der Waals surface area contributed by atoms with Gasteiger partial charge in [-0.25, -0.2) is 4.98 Å². The Morgan fingerprint density at radius 3 is 2.77 bits per heavy atom. The average molecular weight is 457 g/mol. The van der Waals surface area contributed by atoms with Gasteiger partial charge in [-0.15, -0.1) is 11.3 Å². The summed E-state index contributed by atoms with van der Waals surface area (Å²) in [6.07, 6.45) is 0. The van der Waals surface area contributed by atoms with E-state index in [-0.39, 0.29) is 5.91 Å². The van der Waals surface area contributed by atoms with E-state index in [0.29, 0.717) is 11.6 Å². The zero-order chi connectivity index (χ0) is 21.8. The van der Waals surface area contributed by atoms with Crippen LogP contribution in [0.2, 0.25) is 5.02 Å². The molecule has 4 rings (SSSR count). The fourth-order valence-electron chi connectivity index (χ4n) is 3.54. The van der Waals surface area contributed by atoms with Crippen LogP contribution in [0.1, 0.15) is 5.56 Å². The molecule has 0 bridgehead atoms. The first kappa shape index (κ1) is 21.6. The van der Waals surface area contributed by atoms with Crippen molar-refractivity contribution in [2.45, 2.75) is 6.92 Å².